The van der Waals surface area contributed by atoms with E-state index in [4.69, 9.17) is 9.84 Å². The van der Waals surface area contributed by atoms with Gasteiger partial charge in [-0.25, -0.2) is 4.79 Å². The molecule has 0 aliphatic rings. The average molecular weight is 265 g/mol. The molecular formula is C14H19NO4. The van der Waals surface area contributed by atoms with E-state index in [1.165, 1.54) is 0 Å². The fourth-order valence-electron chi connectivity index (χ4n) is 1.43. The van der Waals surface area contributed by atoms with E-state index in [1.54, 1.807) is 45.0 Å². The van der Waals surface area contributed by atoms with Crippen LogP contribution in [0.2, 0.25) is 0 Å². The highest BCUT2D eigenvalue weighted by molar-refractivity contribution is 5.84. The SMILES string of the molecule is CC(C)(C)OC(=O)Nc1ccc(CCC(=O)O)cc1. The van der Waals surface area contributed by atoms with Gasteiger partial charge < -0.3 is 9.84 Å². The molecule has 0 heterocycles. The van der Waals surface area contributed by atoms with Crippen molar-refractivity contribution in [1.82, 2.24) is 0 Å². The first-order chi connectivity index (χ1) is 8.76. The molecule has 1 aromatic carbocycles. The van der Waals surface area contributed by atoms with Crippen LogP contribution in [0, 0.1) is 0 Å². The number of carbonyl (C=O) groups is 2. The predicted octanol–water partition coefficient (Wildman–Crippen LogP) is 3.05. The molecule has 5 nitrogen and oxygen atoms in total. The molecule has 5 heteroatoms. The number of anilines is 1. The fraction of sp³-hybridized carbons (Fsp3) is 0.429. The van der Waals surface area contributed by atoms with Crippen molar-refractivity contribution in [3.8, 4) is 0 Å². The van der Waals surface area contributed by atoms with E-state index in [1.807, 2.05) is 0 Å². The second kappa shape index (κ2) is 6.22. The Morgan fingerprint density at radius 2 is 1.79 bits per heavy atom. The first-order valence-electron chi connectivity index (χ1n) is 6.07. The van der Waals surface area contributed by atoms with Gasteiger partial charge in [-0.3, -0.25) is 10.1 Å². The number of carboxylic acids is 1. The van der Waals surface area contributed by atoms with Crippen molar-refractivity contribution < 1.29 is 19.4 Å². The van der Waals surface area contributed by atoms with E-state index in [9.17, 15) is 9.59 Å². The maximum absolute atomic E-state index is 11.5. The maximum Gasteiger partial charge on any atom is 0.412 e. The zero-order chi connectivity index (χ0) is 14.5. The molecule has 1 aromatic rings. The summed E-state index contributed by atoms with van der Waals surface area (Å²) in [6.45, 7) is 5.38. The number of carboxylic acid groups (broad SMARTS) is 1. The number of ether oxygens (including phenoxy) is 1. The van der Waals surface area contributed by atoms with E-state index in [2.05, 4.69) is 5.32 Å². The van der Waals surface area contributed by atoms with Gasteiger partial charge in [-0.15, -0.1) is 0 Å². The molecule has 0 aromatic heterocycles. The Morgan fingerprint density at radius 1 is 1.21 bits per heavy atom. The smallest absolute Gasteiger partial charge is 0.412 e. The van der Waals surface area contributed by atoms with Gasteiger partial charge in [-0.05, 0) is 44.9 Å². The van der Waals surface area contributed by atoms with Gasteiger partial charge in [-0.1, -0.05) is 12.1 Å². The molecule has 0 radical (unpaired) electrons. The molecule has 0 unspecified atom stereocenters. The van der Waals surface area contributed by atoms with Gasteiger partial charge in [0.05, 0.1) is 0 Å². The summed E-state index contributed by atoms with van der Waals surface area (Å²) in [7, 11) is 0. The van der Waals surface area contributed by atoms with E-state index >= 15 is 0 Å². The average Bonchev–Trinajstić information content (AvgIpc) is 2.25. The first kappa shape index (κ1) is 15.0. The largest absolute Gasteiger partial charge is 0.481 e. The number of hydrogen-bond donors (Lipinski definition) is 2. The van der Waals surface area contributed by atoms with Gasteiger partial charge in [0.15, 0.2) is 0 Å². The molecule has 0 saturated heterocycles. The van der Waals surface area contributed by atoms with E-state index in [0.29, 0.717) is 12.1 Å². The molecule has 1 rings (SSSR count). The summed E-state index contributed by atoms with van der Waals surface area (Å²) in [4.78, 5) is 22.0. The Morgan fingerprint density at radius 3 is 2.26 bits per heavy atom. The molecule has 0 fully saturated rings. The molecule has 104 valence electrons. The molecular weight excluding hydrogens is 246 g/mol. The lowest BCUT2D eigenvalue weighted by molar-refractivity contribution is -0.136. The molecule has 19 heavy (non-hydrogen) atoms. The van der Waals surface area contributed by atoms with Crippen molar-refractivity contribution in [3.63, 3.8) is 0 Å². The number of nitrogens with one attached hydrogen (secondary N) is 1. The van der Waals surface area contributed by atoms with Crippen LogP contribution in [0.3, 0.4) is 0 Å². The number of amides is 1. The van der Waals surface area contributed by atoms with Crippen LogP contribution in [0.1, 0.15) is 32.8 Å². The van der Waals surface area contributed by atoms with E-state index in [-0.39, 0.29) is 6.42 Å². The van der Waals surface area contributed by atoms with E-state index < -0.39 is 17.7 Å². The zero-order valence-electron chi connectivity index (χ0n) is 11.4. The highest BCUT2D eigenvalue weighted by Crippen LogP contribution is 2.13. The number of rotatable bonds is 4. The minimum Gasteiger partial charge on any atom is -0.481 e. The van der Waals surface area contributed by atoms with Crippen molar-refractivity contribution in [2.45, 2.75) is 39.2 Å². The molecule has 0 bridgehead atoms. The second-order valence-corrected chi connectivity index (χ2v) is 5.22. The third-order valence-electron chi connectivity index (χ3n) is 2.23. The second-order valence-electron chi connectivity index (χ2n) is 5.22. The highest BCUT2D eigenvalue weighted by atomic mass is 16.6. The first-order valence-corrected chi connectivity index (χ1v) is 6.07. The summed E-state index contributed by atoms with van der Waals surface area (Å²) in [6.07, 6.45) is 0.0618. The molecule has 0 spiro atoms. The summed E-state index contributed by atoms with van der Waals surface area (Å²) in [5, 5.41) is 11.2. The normalized spacial score (nSPS) is 10.9. The van der Waals surface area contributed by atoms with Crippen LogP contribution in [0.4, 0.5) is 10.5 Å². The molecule has 0 saturated carbocycles. The molecule has 0 atom stereocenters. The molecule has 0 aliphatic heterocycles. The summed E-state index contributed by atoms with van der Waals surface area (Å²) in [6, 6.07) is 7.02. The van der Waals surface area contributed by atoms with Gasteiger partial charge in [0.2, 0.25) is 0 Å². The standard InChI is InChI=1S/C14H19NO4/c1-14(2,3)19-13(18)15-11-7-4-10(5-8-11)6-9-12(16)17/h4-5,7-8H,6,9H2,1-3H3,(H,15,18)(H,16,17). The van der Waals surface area contributed by atoms with Crippen molar-refractivity contribution in [2.75, 3.05) is 5.32 Å². The van der Waals surface area contributed by atoms with Crippen molar-refractivity contribution in [1.29, 1.82) is 0 Å². The van der Waals surface area contributed by atoms with Gasteiger partial charge >= 0.3 is 12.1 Å². The Bertz CT molecular complexity index is 446. The fourth-order valence-corrected chi connectivity index (χ4v) is 1.43. The molecule has 0 aliphatic carbocycles. The number of benzene rings is 1. The maximum atomic E-state index is 11.5. The van der Waals surface area contributed by atoms with Crippen LogP contribution in [0.5, 0.6) is 0 Å². The van der Waals surface area contributed by atoms with Crippen LogP contribution in [-0.2, 0) is 16.0 Å². The number of aryl methyl sites for hydroxylation is 1. The monoisotopic (exact) mass is 265 g/mol. The summed E-state index contributed by atoms with van der Waals surface area (Å²) >= 11 is 0. The molecule has 1 amide bonds. The number of carbonyl (C=O) groups excluding carboxylic acids is 1. The van der Waals surface area contributed by atoms with Crippen LogP contribution in [0.25, 0.3) is 0 Å². The van der Waals surface area contributed by atoms with Crippen molar-refractivity contribution >= 4 is 17.7 Å². The minimum atomic E-state index is -0.823. The third kappa shape index (κ3) is 6.45. The Kier molecular flexibility index (Phi) is 4.92. The highest BCUT2D eigenvalue weighted by Gasteiger charge is 2.15. The number of hydrogen-bond acceptors (Lipinski definition) is 3. The Hall–Kier alpha value is -2.04. The van der Waals surface area contributed by atoms with Gasteiger partial charge in [0, 0.05) is 12.1 Å². The molecule has 2 N–H and O–H groups in total. The quantitative estimate of drug-likeness (QED) is 0.877. The van der Waals surface area contributed by atoms with Crippen molar-refractivity contribution in [3.05, 3.63) is 29.8 Å². The van der Waals surface area contributed by atoms with Gasteiger partial charge in [0.25, 0.3) is 0 Å². The predicted molar refractivity (Wildman–Crippen MR) is 72.3 cm³/mol. The summed E-state index contributed by atoms with van der Waals surface area (Å²) in [5.41, 5.74) is 0.997. The topological polar surface area (TPSA) is 75.6 Å². The lowest BCUT2D eigenvalue weighted by Crippen LogP contribution is -2.27. The summed E-state index contributed by atoms with van der Waals surface area (Å²) < 4.78 is 5.12. The van der Waals surface area contributed by atoms with Gasteiger partial charge in [0.1, 0.15) is 5.60 Å². The lowest BCUT2D eigenvalue weighted by Gasteiger charge is -2.19. The Balaban J connectivity index is 2.52. The van der Waals surface area contributed by atoms with E-state index in [0.717, 1.165) is 5.56 Å². The zero-order valence-corrected chi connectivity index (χ0v) is 11.4. The van der Waals surface area contributed by atoms with Crippen LogP contribution >= 0.6 is 0 Å². The third-order valence-corrected chi connectivity index (χ3v) is 2.23. The van der Waals surface area contributed by atoms with Crippen LogP contribution < -0.4 is 5.32 Å². The Labute approximate surface area is 112 Å². The minimum absolute atomic E-state index is 0.0961. The van der Waals surface area contributed by atoms with Gasteiger partial charge in [-0.2, -0.15) is 0 Å². The van der Waals surface area contributed by atoms with Crippen molar-refractivity contribution in [2.24, 2.45) is 0 Å². The van der Waals surface area contributed by atoms with Crippen LogP contribution in [-0.4, -0.2) is 22.8 Å². The number of aliphatic carboxylic acids is 1. The van der Waals surface area contributed by atoms with Crippen LogP contribution in [0.15, 0.2) is 24.3 Å². The summed E-state index contributed by atoms with van der Waals surface area (Å²) in [5.74, 6) is -0.823. The lowest BCUT2D eigenvalue weighted by atomic mass is 10.1.